The molecule has 29 heavy (non-hydrogen) atoms. The Kier molecular flexibility index (Phi) is 23.2. The van der Waals surface area contributed by atoms with Crippen LogP contribution in [0.25, 0.3) is 0 Å². The molecule has 0 amide bonds. The molecule has 150 valence electrons. The number of nitrogens with zero attached hydrogens (tertiary/aromatic N) is 2. The minimum absolute atomic E-state index is 0. The number of aliphatic hydroxyl groups excluding tert-OH is 1. The van der Waals surface area contributed by atoms with E-state index in [4.69, 9.17) is 0 Å². The summed E-state index contributed by atoms with van der Waals surface area (Å²) in [6.45, 7) is 5.67. The normalized spacial score (nSPS) is 14.9. The summed E-state index contributed by atoms with van der Waals surface area (Å²) >= 11 is 0. The fourth-order valence-electron chi connectivity index (χ4n) is 2.47. The molecular formula is C17H27Li3N2O7. The van der Waals surface area contributed by atoms with Gasteiger partial charge in [-0.1, -0.05) is 12.2 Å². The zero-order valence-corrected chi connectivity index (χ0v) is 18.6. The molecule has 0 aliphatic heterocycles. The van der Waals surface area contributed by atoms with E-state index in [1.165, 1.54) is 25.7 Å². The Morgan fingerprint density at radius 3 is 1.62 bits per heavy atom. The standard InChI is InChI=1S/C17H30N2O7.3Li/c1-5-6-7-14(20)10-18(11(2)15(21)22)8-9-19(12(3)16(23)24)13(4)17(25)26;;;/h5-6,11-14,20H,7-10H2,1-4H3,(H,21,22)(H,23,24)(H,25,26);;;/q;3*+1/p-3/b6-5+;;;. The molecule has 12 heteroatoms. The maximum absolute atomic E-state index is 11.2. The SMILES string of the molecule is C/C=C/CC(O)CN(CCN(C(C)C(=O)[O-])C(C)C(=O)[O-])C(C)C(=O)[O-].[Li+].[Li+].[Li+]. The van der Waals surface area contributed by atoms with Crippen LogP contribution in [0.3, 0.4) is 0 Å². The van der Waals surface area contributed by atoms with Gasteiger partial charge in [-0.05, 0) is 34.1 Å². The second kappa shape index (κ2) is 18.6. The summed E-state index contributed by atoms with van der Waals surface area (Å²) in [5, 5.41) is 43.4. The third-order valence-electron chi connectivity index (χ3n) is 4.30. The van der Waals surface area contributed by atoms with Gasteiger partial charge in [0.25, 0.3) is 0 Å². The molecule has 1 N–H and O–H groups in total. The quantitative estimate of drug-likeness (QED) is 0.238. The molecule has 0 bridgehead atoms. The number of hydrogen-bond donors (Lipinski definition) is 1. The topological polar surface area (TPSA) is 147 Å². The van der Waals surface area contributed by atoms with Gasteiger partial charge in [0.05, 0.1) is 24.0 Å². The predicted octanol–water partition coefficient (Wildman–Crippen LogP) is -12.7. The van der Waals surface area contributed by atoms with Crippen molar-refractivity contribution in [2.45, 2.75) is 58.3 Å². The summed E-state index contributed by atoms with van der Waals surface area (Å²) in [5.74, 6) is -4.26. The first-order chi connectivity index (χ1) is 12.0. The van der Waals surface area contributed by atoms with E-state index >= 15 is 0 Å². The minimum atomic E-state index is -1.45. The summed E-state index contributed by atoms with van der Waals surface area (Å²) in [4.78, 5) is 36.0. The fourth-order valence-corrected chi connectivity index (χ4v) is 2.47. The third kappa shape index (κ3) is 13.7. The van der Waals surface area contributed by atoms with Gasteiger partial charge in [0.1, 0.15) is 0 Å². The first-order valence-corrected chi connectivity index (χ1v) is 8.44. The molecule has 0 radical (unpaired) electrons. The molecule has 4 atom stereocenters. The van der Waals surface area contributed by atoms with Crippen LogP contribution >= 0.6 is 0 Å². The number of carboxylic acid groups (broad SMARTS) is 3. The van der Waals surface area contributed by atoms with Gasteiger partial charge in [-0.3, -0.25) is 9.80 Å². The first kappa shape index (κ1) is 36.2. The van der Waals surface area contributed by atoms with Crippen LogP contribution in [0.2, 0.25) is 0 Å². The van der Waals surface area contributed by atoms with Crippen molar-refractivity contribution >= 4 is 17.9 Å². The van der Waals surface area contributed by atoms with Crippen molar-refractivity contribution in [3.05, 3.63) is 12.2 Å². The van der Waals surface area contributed by atoms with Crippen molar-refractivity contribution in [2.24, 2.45) is 0 Å². The first-order valence-electron chi connectivity index (χ1n) is 8.44. The van der Waals surface area contributed by atoms with Gasteiger partial charge in [-0.15, -0.1) is 0 Å². The molecule has 0 saturated carbocycles. The molecule has 0 aromatic carbocycles. The van der Waals surface area contributed by atoms with Gasteiger partial charge in [0.2, 0.25) is 0 Å². The smallest absolute Gasteiger partial charge is 0.548 e. The molecule has 4 unspecified atom stereocenters. The Bertz CT molecular complexity index is 503. The molecule has 0 aliphatic rings. The maximum atomic E-state index is 11.2. The van der Waals surface area contributed by atoms with Crippen LogP contribution in [0.5, 0.6) is 0 Å². The van der Waals surface area contributed by atoms with Gasteiger partial charge in [-0.25, -0.2) is 0 Å². The van der Waals surface area contributed by atoms with Crippen LogP contribution in [0, 0.1) is 0 Å². The average molecular weight is 392 g/mol. The van der Waals surface area contributed by atoms with E-state index in [-0.39, 0.29) is 76.2 Å². The summed E-state index contributed by atoms with van der Waals surface area (Å²) in [7, 11) is 0. The van der Waals surface area contributed by atoms with Crippen molar-refractivity contribution in [2.75, 3.05) is 19.6 Å². The second-order valence-electron chi connectivity index (χ2n) is 6.18. The van der Waals surface area contributed by atoms with E-state index in [0.717, 1.165) is 4.90 Å². The number of carbonyl (C=O) groups is 3. The Morgan fingerprint density at radius 2 is 1.28 bits per heavy atom. The Morgan fingerprint density at radius 1 is 0.862 bits per heavy atom. The van der Waals surface area contributed by atoms with E-state index in [2.05, 4.69) is 0 Å². The molecule has 0 aromatic rings. The summed E-state index contributed by atoms with van der Waals surface area (Å²) in [5.41, 5.74) is 0. The van der Waals surface area contributed by atoms with Crippen LogP contribution in [-0.2, 0) is 14.4 Å². The molecule has 0 aliphatic carbocycles. The van der Waals surface area contributed by atoms with E-state index in [0.29, 0.717) is 6.42 Å². The van der Waals surface area contributed by atoms with Crippen LogP contribution in [-0.4, -0.2) is 76.7 Å². The Labute approximate surface area is 208 Å². The molecular weight excluding hydrogens is 365 g/mol. The Hall–Kier alpha value is -0.178. The van der Waals surface area contributed by atoms with Gasteiger partial charge in [-0.2, -0.15) is 0 Å². The number of allylic oxidation sites excluding steroid dienone is 1. The van der Waals surface area contributed by atoms with Gasteiger partial charge in [0.15, 0.2) is 0 Å². The molecule has 0 aromatic heterocycles. The van der Waals surface area contributed by atoms with Crippen molar-refractivity contribution in [1.82, 2.24) is 9.80 Å². The fraction of sp³-hybridized carbons (Fsp3) is 0.706. The summed E-state index contributed by atoms with van der Waals surface area (Å²) < 4.78 is 0. The molecule has 0 rings (SSSR count). The number of carboxylic acids is 3. The molecule has 0 saturated heterocycles. The summed E-state index contributed by atoms with van der Waals surface area (Å²) in [6.07, 6.45) is 2.97. The molecule has 9 nitrogen and oxygen atoms in total. The number of aliphatic carboxylic acids is 3. The maximum Gasteiger partial charge on any atom is 1.00 e. The number of rotatable bonds is 13. The van der Waals surface area contributed by atoms with Crippen LogP contribution < -0.4 is 71.9 Å². The van der Waals surface area contributed by atoms with Crippen molar-refractivity contribution in [1.29, 1.82) is 0 Å². The Balaban J connectivity index is -0.00000104. The number of aliphatic hydroxyl groups is 1. The van der Waals surface area contributed by atoms with Crippen LogP contribution in [0.15, 0.2) is 12.2 Å². The molecule has 0 heterocycles. The van der Waals surface area contributed by atoms with Gasteiger partial charge < -0.3 is 34.8 Å². The van der Waals surface area contributed by atoms with E-state index in [9.17, 15) is 34.8 Å². The third-order valence-corrected chi connectivity index (χ3v) is 4.30. The molecule has 0 fully saturated rings. The van der Waals surface area contributed by atoms with Crippen molar-refractivity contribution in [3.63, 3.8) is 0 Å². The zero-order valence-electron chi connectivity index (χ0n) is 18.6. The van der Waals surface area contributed by atoms with E-state index < -0.39 is 42.1 Å². The van der Waals surface area contributed by atoms with Crippen molar-refractivity contribution < 1.29 is 91.4 Å². The second-order valence-corrected chi connectivity index (χ2v) is 6.18. The van der Waals surface area contributed by atoms with Crippen LogP contribution in [0.1, 0.15) is 34.1 Å². The van der Waals surface area contributed by atoms with E-state index in [1.54, 1.807) is 19.1 Å². The number of carbonyl (C=O) groups excluding carboxylic acids is 3. The monoisotopic (exact) mass is 392 g/mol. The molecule has 0 spiro atoms. The van der Waals surface area contributed by atoms with E-state index in [1.807, 2.05) is 0 Å². The minimum Gasteiger partial charge on any atom is -0.548 e. The predicted molar refractivity (Wildman–Crippen MR) is 87.1 cm³/mol. The number of hydrogen-bond acceptors (Lipinski definition) is 9. The summed E-state index contributed by atoms with van der Waals surface area (Å²) in [6, 6.07) is -3.47. The van der Waals surface area contributed by atoms with Gasteiger partial charge >= 0.3 is 56.6 Å². The van der Waals surface area contributed by atoms with Gasteiger partial charge in [0, 0.05) is 37.8 Å². The zero-order chi connectivity index (χ0) is 20.4. The van der Waals surface area contributed by atoms with Crippen molar-refractivity contribution in [3.8, 4) is 0 Å². The average Bonchev–Trinajstić information content (AvgIpc) is 2.57. The largest absolute Gasteiger partial charge is 1.00 e. The van der Waals surface area contributed by atoms with Crippen LogP contribution in [0.4, 0.5) is 0 Å².